The maximum absolute atomic E-state index is 10.7. The molecular weight excluding hydrogens is 176 g/mol. The van der Waals surface area contributed by atoms with Crippen molar-refractivity contribution in [3.8, 4) is 5.75 Å². The highest BCUT2D eigenvalue weighted by Gasteiger charge is 2.03. The van der Waals surface area contributed by atoms with E-state index in [1.54, 1.807) is 0 Å². The summed E-state index contributed by atoms with van der Waals surface area (Å²) in [7, 11) is 0. The van der Waals surface area contributed by atoms with Gasteiger partial charge in [-0.25, -0.2) is 0 Å². The molecule has 0 fully saturated rings. The van der Waals surface area contributed by atoms with E-state index in [9.17, 15) is 4.79 Å². The van der Waals surface area contributed by atoms with E-state index in [1.807, 2.05) is 39.0 Å². The van der Waals surface area contributed by atoms with Crippen LogP contribution in [-0.2, 0) is 6.42 Å². The number of ether oxygens (including phenoxy) is 1. The van der Waals surface area contributed by atoms with E-state index in [0.717, 1.165) is 29.6 Å². The molecule has 1 rings (SSSR count). The Bertz CT molecular complexity index is 316. The van der Waals surface area contributed by atoms with Gasteiger partial charge < -0.3 is 4.74 Å². The first-order valence-corrected chi connectivity index (χ1v) is 4.92. The highest BCUT2D eigenvalue weighted by molar-refractivity contribution is 5.77. The fourth-order valence-corrected chi connectivity index (χ4v) is 1.35. The molecule has 2 heteroatoms. The Balaban J connectivity index is 2.95. The molecule has 0 heterocycles. The number of aldehydes is 1. The molecule has 0 spiro atoms. The van der Waals surface area contributed by atoms with Crippen LogP contribution < -0.4 is 4.74 Å². The number of hydrogen-bond acceptors (Lipinski definition) is 2. The molecule has 2 nitrogen and oxygen atoms in total. The molecule has 0 atom stereocenters. The van der Waals surface area contributed by atoms with Gasteiger partial charge in [0.05, 0.1) is 6.10 Å². The Morgan fingerprint density at radius 2 is 2.14 bits per heavy atom. The topological polar surface area (TPSA) is 26.3 Å². The van der Waals surface area contributed by atoms with Crippen LogP contribution in [0.25, 0.3) is 0 Å². The summed E-state index contributed by atoms with van der Waals surface area (Å²) in [6.07, 6.45) is 1.91. The molecule has 0 saturated heterocycles. The SMILES string of the molecule is CCc1cc(OC(C)C)ccc1C=O. The van der Waals surface area contributed by atoms with Gasteiger partial charge in [-0.3, -0.25) is 4.79 Å². The van der Waals surface area contributed by atoms with Crippen LogP contribution in [0.1, 0.15) is 36.7 Å². The van der Waals surface area contributed by atoms with Crippen LogP contribution in [0.2, 0.25) is 0 Å². The van der Waals surface area contributed by atoms with Crippen molar-refractivity contribution in [2.45, 2.75) is 33.3 Å². The zero-order valence-electron chi connectivity index (χ0n) is 8.91. The zero-order valence-corrected chi connectivity index (χ0v) is 8.91. The summed E-state index contributed by atoms with van der Waals surface area (Å²) in [4.78, 5) is 10.7. The summed E-state index contributed by atoms with van der Waals surface area (Å²) < 4.78 is 5.54. The van der Waals surface area contributed by atoms with Gasteiger partial charge in [0.1, 0.15) is 12.0 Å². The molecular formula is C12H16O2. The lowest BCUT2D eigenvalue weighted by molar-refractivity contribution is 0.112. The van der Waals surface area contributed by atoms with Crippen LogP contribution in [0.4, 0.5) is 0 Å². The predicted molar refractivity (Wildman–Crippen MR) is 57.0 cm³/mol. The quantitative estimate of drug-likeness (QED) is 0.686. The monoisotopic (exact) mass is 192 g/mol. The number of benzene rings is 1. The number of hydrogen-bond donors (Lipinski definition) is 0. The average molecular weight is 192 g/mol. The Kier molecular flexibility index (Phi) is 3.69. The molecule has 14 heavy (non-hydrogen) atoms. The van der Waals surface area contributed by atoms with E-state index in [-0.39, 0.29) is 6.10 Å². The smallest absolute Gasteiger partial charge is 0.150 e. The van der Waals surface area contributed by atoms with Gasteiger partial charge in [-0.1, -0.05) is 6.92 Å². The fraction of sp³-hybridized carbons (Fsp3) is 0.417. The Morgan fingerprint density at radius 3 is 2.64 bits per heavy atom. The largest absolute Gasteiger partial charge is 0.491 e. The average Bonchev–Trinajstić information content (AvgIpc) is 2.16. The molecule has 0 saturated carbocycles. The Morgan fingerprint density at radius 1 is 1.43 bits per heavy atom. The summed E-state index contributed by atoms with van der Waals surface area (Å²) in [5.41, 5.74) is 1.79. The third-order valence-corrected chi connectivity index (χ3v) is 1.99. The molecule has 0 unspecified atom stereocenters. The van der Waals surface area contributed by atoms with Crippen molar-refractivity contribution in [2.24, 2.45) is 0 Å². The third-order valence-electron chi connectivity index (χ3n) is 1.99. The van der Waals surface area contributed by atoms with Crippen molar-refractivity contribution in [3.63, 3.8) is 0 Å². The van der Waals surface area contributed by atoms with Crippen molar-refractivity contribution < 1.29 is 9.53 Å². The van der Waals surface area contributed by atoms with Crippen LogP contribution in [-0.4, -0.2) is 12.4 Å². The minimum atomic E-state index is 0.168. The predicted octanol–water partition coefficient (Wildman–Crippen LogP) is 2.85. The lowest BCUT2D eigenvalue weighted by atomic mass is 10.1. The number of rotatable bonds is 4. The molecule has 1 aromatic carbocycles. The second kappa shape index (κ2) is 4.80. The first-order valence-electron chi connectivity index (χ1n) is 4.92. The van der Waals surface area contributed by atoms with Crippen molar-refractivity contribution in [3.05, 3.63) is 29.3 Å². The zero-order chi connectivity index (χ0) is 10.6. The van der Waals surface area contributed by atoms with Crippen LogP contribution in [0.5, 0.6) is 5.75 Å². The molecule has 0 aliphatic rings. The first-order chi connectivity index (χ1) is 6.67. The van der Waals surface area contributed by atoms with Gasteiger partial charge in [0, 0.05) is 5.56 Å². The highest BCUT2D eigenvalue weighted by Crippen LogP contribution is 2.18. The summed E-state index contributed by atoms with van der Waals surface area (Å²) in [5.74, 6) is 0.836. The van der Waals surface area contributed by atoms with Crippen molar-refractivity contribution in [2.75, 3.05) is 0 Å². The number of carbonyl (C=O) groups excluding carboxylic acids is 1. The van der Waals surface area contributed by atoms with Crippen LogP contribution in [0.3, 0.4) is 0 Å². The molecule has 0 bridgehead atoms. The van der Waals surface area contributed by atoms with Gasteiger partial charge >= 0.3 is 0 Å². The van der Waals surface area contributed by atoms with Crippen molar-refractivity contribution >= 4 is 6.29 Å². The van der Waals surface area contributed by atoms with Gasteiger partial charge in [-0.2, -0.15) is 0 Å². The van der Waals surface area contributed by atoms with Crippen molar-refractivity contribution in [1.29, 1.82) is 0 Å². The van der Waals surface area contributed by atoms with E-state index < -0.39 is 0 Å². The minimum absolute atomic E-state index is 0.168. The maximum Gasteiger partial charge on any atom is 0.150 e. The Hall–Kier alpha value is -1.31. The maximum atomic E-state index is 10.7. The summed E-state index contributed by atoms with van der Waals surface area (Å²) >= 11 is 0. The molecule has 0 amide bonds. The molecule has 0 aliphatic heterocycles. The summed E-state index contributed by atoms with van der Waals surface area (Å²) in [6, 6.07) is 5.58. The van der Waals surface area contributed by atoms with Gasteiger partial charge in [0.25, 0.3) is 0 Å². The van der Waals surface area contributed by atoms with Crippen LogP contribution >= 0.6 is 0 Å². The van der Waals surface area contributed by atoms with Gasteiger partial charge in [0.2, 0.25) is 0 Å². The molecule has 0 N–H and O–H groups in total. The van der Waals surface area contributed by atoms with E-state index in [2.05, 4.69) is 0 Å². The lowest BCUT2D eigenvalue weighted by Gasteiger charge is -2.11. The van der Waals surface area contributed by atoms with Gasteiger partial charge in [0.15, 0.2) is 0 Å². The lowest BCUT2D eigenvalue weighted by Crippen LogP contribution is -2.06. The standard InChI is InChI=1S/C12H16O2/c1-4-10-7-12(14-9(2)3)6-5-11(10)8-13/h5-9H,4H2,1-3H3. The fourth-order valence-electron chi connectivity index (χ4n) is 1.35. The molecule has 0 aromatic heterocycles. The summed E-state index contributed by atoms with van der Waals surface area (Å²) in [6.45, 7) is 6.00. The van der Waals surface area contributed by atoms with Crippen LogP contribution in [0.15, 0.2) is 18.2 Å². The van der Waals surface area contributed by atoms with E-state index in [0.29, 0.717) is 0 Å². The van der Waals surface area contributed by atoms with Crippen molar-refractivity contribution in [1.82, 2.24) is 0 Å². The van der Waals surface area contributed by atoms with E-state index in [4.69, 9.17) is 4.74 Å². The second-order valence-corrected chi connectivity index (χ2v) is 3.50. The first kappa shape index (κ1) is 10.8. The summed E-state index contributed by atoms with van der Waals surface area (Å²) in [5, 5.41) is 0. The van der Waals surface area contributed by atoms with E-state index in [1.165, 1.54) is 0 Å². The molecule has 76 valence electrons. The number of aryl methyl sites for hydroxylation is 1. The molecule has 0 aliphatic carbocycles. The molecule has 0 radical (unpaired) electrons. The van der Waals surface area contributed by atoms with Crippen LogP contribution in [0, 0.1) is 0 Å². The normalized spacial score (nSPS) is 10.3. The van der Waals surface area contributed by atoms with E-state index >= 15 is 0 Å². The number of carbonyl (C=O) groups is 1. The van der Waals surface area contributed by atoms with Gasteiger partial charge in [-0.05, 0) is 44.0 Å². The minimum Gasteiger partial charge on any atom is -0.491 e. The molecule has 1 aromatic rings. The second-order valence-electron chi connectivity index (χ2n) is 3.50. The van der Waals surface area contributed by atoms with Gasteiger partial charge in [-0.15, -0.1) is 0 Å². The Labute approximate surface area is 84.9 Å². The highest BCUT2D eigenvalue weighted by atomic mass is 16.5. The third kappa shape index (κ3) is 2.59.